The Morgan fingerprint density at radius 3 is 2.56 bits per heavy atom. The van der Waals surface area contributed by atoms with Crippen LogP contribution in [0.15, 0.2) is 0 Å². The fourth-order valence-corrected chi connectivity index (χ4v) is 1.72. The van der Waals surface area contributed by atoms with Gasteiger partial charge in [-0.3, -0.25) is 4.79 Å². The maximum Gasteiger partial charge on any atom is 0.328 e. The summed E-state index contributed by atoms with van der Waals surface area (Å²) in [6, 6.07) is 0.0668. The second-order valence-corrected chi connectivity index (χ2v) is 4.93. The van der Waals surface area contributed by atoms with Crippen molar-refractivity contribution in [2.75, 3.05) is 13.7 Å². The standard InChI is InChI=1S/C13H24N2O3/c1-4-9(2)12(13(17)18-3)15-11(16)7-8-14-10-5-6-10/h9-10,12,14H,4-8H2,1-3H3,(H,15,16). The van der Waals surface area contributed by atoms with Crippen molar-refractivity contribution in [3.05, 3.63) is 0 Å². The first kappa shape index (κ1) is 15.0. The summed E-state index contributed by atoms with van der Waals surface area (Å²) in [6.07, 6.45) is 3.64. The minimum atomic E-state index is -0.534. The highest BCUT2D eigenvalue weighted by Gasteiger charge is 2.26. The van der Waals surface area contributed by atoms with Crippen LogP contribution in [0.1, 0.15) is 39.5 Å². The summed E-state index contributed by atoms with van der Waals surface area (Å²) in [5, 5.41) is 6.03. The summed E-state index contributed by atoms with van der Waals surface area (Å²) in [5.74, 6) is -0.385. The quantitative estimate of drug-likeness (QED) is 0.631. The van der Waals surface area contributed by atoms with E-state index in [2.05, 4.69) is 10.6 Å². The average molecular weight is 256 g/mol. The molecule has 2 atom stereocenters. The van der Waals surface area contributed by atoms with Crippen molar-refractivity contribution in [3.8, 4) is 0 Å². The number of hydrogen-bond donors (Lipinski definition) is 2. The molecule has 1 amide bonds. The van der Waals surface area contributed by atoms with Gasteiger partial charge in [0.25, 0.3) is 0 Å². The predicted octanol–water partition coefficient (Wildman–Crippen LogP) is 0.832. The van der Waals surface area contributed by atoms with Gasteiger partial charge in [-0.15, -0.1) is 0 Å². The minimum absolute atomic E-state index is 0.0813. The van der Waals surface area contributed by atoms with Crippen molar-refractivity contribution in [1.82, 2.24) is 10.6 Å². The van der Waals surface area contributed by atoms with Gasteiger partial charge in [0.15, 0.2) is 0 Å². The zero-order valence-electron chi connectivity index (χ0n) is 11.5. The molecule has 1 saturated carbocycles. The fourth-order valence-electron chi connectivity index (χ4n) is 1.72. The van der Waals surface area contributed by atoms with Crippen LogP contribution in [0.3, 0.4) is 0 Å². The van der Waals surface area contributed by atoms with E-state index in [1.54, 1.807) is 0 Å². The Morgan fingerprint density at radius 1 is 1.39 bits per heavy atom. The normalized spacial score (nSPS) is 17.9. The molecule has 0 aromatic heterocycles. The number of amides is 1. The van der Waals surface area contributed by atoms with Gasteiger partial charge >= 0.3 is 5.97 Å². The first-order chi connectivity index (χ1) is 8.58. The zero-order chi connectivity index (χ0) is 13.5. The average Bonchev–Trinajstić information content (AvgIpc) is 3.18. The molecule has 1 aliphatic rings. The van der Waals surface area contributed by atoms with E-state index < -0.39 is 6.04 Å². The van der Waals surface area contributed by atoms with Crippen molar-refractivity contribution in [1.29, 1.82) is 0 Å². The number of hydrogen-bond acceptors (Lipinski definition) is 4. The Bertz CT molecular complexity index is 290. The molecule has 0 aromatic rings. The molecule has 0 aromatic carbocycles. The topological polar surface area (TPSA) is 67.4 Å². The molecule has 1 aliphatic carbocycles. The van der Waals surface area contributed by atoms with Crippen molar-refractivity contribution in [3.63, 3.8) is 0 Å². The fraction of sp³-hybridized carbons (Fsp3) is 0.846. The van der Waals surface area contributed by atoms with Crippen LogP contribution in [0, 0.1) is 5.92 Å². The van der Waals surface area contributed by atoms with Crippen LogP contribution < -0.4 is 10.6 Å². The molecule has 5 heteroatoms. The van der Waals surface area contributed by atoms with E-state index in [-0.39, 0.29) is 17.8 Å². The number of ether oxygens (including phenoxy) is 1. The Hall–Kier alpha value is -1.10. The molecule has 104 valence electrons. The van der Waals surface area contributed by atoms with E-state index >= 15 is 0 Å². The highest BCUT2D eigenvalue weighted by atomic mass is 16.5. The minimum Gasteiger partial charge on any atom is -0.467 e. The van der Waals surface area contributed by atoms with E-state index in [0.29, 0.717) is 19.0 Å². The third-order valence-corrected chi connectivity index (χ3v) is 3.35. The van der Waals surface area contributed by atoms with E-state index in [1.165, 1.54) is 20.0 Å². The molecule has 2 unspecified atom stereocenters. The molecule has 0 heterocycles. The Labute approximate surface area is 109 Å². The summed E-state index contributed by atoms with van der Waals surface area (Å²) < 4.78 is 4.72. The van der Waals surface area contributed by atoms with Crippen molar-refractivity contribution in [2.45, 2.75) is 51.6 Å². The van der Waals surface area contributed by atoms with Crippen LogP contribution in [0.4, 0.5) is 0 Å². The van der Waals surface area contributed by atoms with Crippen molar-refractivity contribution in [2.24, 2.45) is 5.92 Å². The number of nitrogens with one attached hydrogen (secondary N) is 2. The van der Waals surface area contributed by atoms with Gasteiger partial charge in [0.05, 0.1) is 7.11 Å². The molecule has 0 bridgehead atoms. The molecular weight excluding hydrogens is 232 g/mol. The lowest BCUT2D eigenvalue weighted by Crippen LogP contribution is -2.46. The second-order valence-electron chi connectivity index (χ2n) is 4.93. The van der Waals surface area contributed by atoms with Gasteiger partial charge in [-0.2, -0.15) is 0 Å². The van der Waals surface area contributed by atoms with Gasteiger partial charge in [0.1, 0.15) is 6.04 Å². The van der Waals surface area contributed by atoms with E-state index in [9.17, 15) is 9.59 Å². The van der Waals surface area contributed by atoms with Gasteiger partial charge in [-0.05, 0) is 18.8 Å². The van der Waals surface area contributed by atoms with Crippen LogP contribution >= 0.6 is 0 Å². The highest BCUT2D eigenvalue weighted by molar-refractivity contribution is 5.84. The largest absolute Gasteiger partial charge is 0.467 e. The monoisotopic (exact) mass is 256 g/mol. The summed E-state index contributed by atoms with van der Waals surface area (Å²) in [6.45, 7) is 4.59. The second kappa shape index (κ2) is 7.36. The summed E-state index contributed by atoms with van der Waals surface area (Å²) in [4.78, 5) is 23.3. The third-order valence-electron chi connectivity index (χ3n) is 3.35. The Balaban J connectivity index is 2.32. The van der Waals surface area contributed by atoms with Crippen LogP contribution in [-0.4, -0.2) is 37.6 Å². The number of esters is 1. The first-order valence-electron chi connectivity index (χ1n) is 6.69. The SMILES string of the molecule is CCC(C)C(NC(=O)CCNC1CC1)C(=O)OC. The Kier molecular flexibility index (Phi) is 6.12. The number of rotatable bonds is 8. The van der Waals surface area contributed by atoms with E-state index in [4.69, 9.17) is 4.74 Å². The maximum absolute atomic E-state index is 11.7. The number of carbonyl (C=O) groups is 2. The van der Waals surface area contributed by atoms with Gasteiger partial charge in [0.2, 0.25) is 5.91 Å². The van der Waals surface area contributed by atoms with Gasteiger partial charge in [-0.25, -0.2) is 4.79 Å². The van der Waals surface area contributed by atoms with Crippen LogP contribution in [0.2, 0.25) is 0 Å². The van der Waals surface area contributed by atoms with Gasteiger partial charge < -0.3 is 15.4 Å². The molecule has 0 aliphatic heterocycles. The summed E-state index contributed by atoms with van der Waals surface area (Å²) >= 11 is 0. The lowest BCUT2D eigenvalue weighted by Gasteiger charge is -2.21. The lowest BCUT2D eigenvalue weighted by atomic mass is 9.99. The lowest BCUT2D eigenvalue weighted by molar-refractivity contribution is -0.146. The van der Waals surface area contributed by atoms with E-state index in [0.717, 1.165) is 6.42 Å². The van der Waals surface area contributed by atoms with Gasteiger partial charge in [0, 0.05) is 19.0 Å². The smallest absolute Gasteiger partial charge is 0.328 e. The predicted molar refractivity (Wildman–Crippen MR) is 69.0 cm³/mol. The van der Waals surface area contributed by atoms with Crippen molar-refractivity contribution >= 4 is 11.9 Å². The summed E-state index contributed by atoms with van der Waals surface area (Å²) in [5.41, 5.74) is 0. The molecular formula is C13H24N2O3. The molecule has 1 rings (SSSR count). The van der Waals surface area contributed by atoms with Crippen LogP contribution in [0.25, 0.3) is 0 Å². The van der Waals surface area contributed by atoms with Crippen LogP contribution in [0.5, 0.6) is 0 Å². The molecule has 1 fully saturated rings. The van der Waals surface area contributed by atoms with E-state index in [1.807, 2.05) is 13.8 Å². The molecule has 5 nitrogen and oxygen atoms in total. The zero-order valence-corrected chi connectivity index (χ0v) is 11.5. The van der Waals surface area contributed by atoms with Crippen molar-refractivity contribution < 1.29 is 14.3 Å². The number of methoxy groups -OCH3 is 1. The molecule has 0 saturated heterocycles. The molecule has 0 radical (unpaired) electrons. The maximum atomic E-state index is 11.7. The number of carbonyl (C=O) groups excluding carboxylic acids is 2. The molecule has 2 N–H and O–H groups in total. The highest BCUT2D eigenvalue weighted by Crippen LogP contribution is 2.18. The van der Waals surface area contributed by atoms with Gasteiger partial charge in [-0.1, -0.05) is 20.3 Å². The first-order valence-corrected chi connectivity index (χ1v) is 6.69. The molecule has 0 spiro atoms. The summed E-state index contributed by atoms with van der Waals surface area (Å²) in [7, 11) is 1.35. The van der Waals surface area contributed by atoms with Crippen LogP contribution in [-0.2, 0) is 14.3 Å². The Morgan fingerprint density at radius 2 is 2.06 bits per heavy atom. The molecule has 18 heavy (non-hydrogen) atoms. The third kappa shape index (κ3) is 5.04.